The summed E-state index contributed by atoms with van der Waals surface area (Å²) in [4.78, 5) is 22.9. The Balaban J connectivity index is 3.25. The monoisotopic (exact) mass is 323 g/mol. The van der Waals surface area contributed by atoms with Crippen molar-refractivity contribution >= 4 is 11.9 Å². The number of rotatable bonds is 8. The Morgan fingerprint density at radius 2 is 1.78 bits per heavy atom. The Labute approximate surface area is 137 Å². The Hall–Kier alpha value is -2.24. The molecular formula is C17H25NO5. The van der Waals surface area contributed by atoms with Crippen LogP contribution < -0.4 is 14.8 Å². The number of aryl methyl sites for hydroxylation is 1. The van der Waals surface area contributed by atoms with Crippen LogP contribution >= 0.6 is 0 Å². The predicted molar refractivity (Wildman–Crippen MR) is 86.7 cm³/mol. The van der Waals surface area contributed by atoms with Crippen molar-refractivity contribution in [3.05, 3.63) is 23.3 Å². The van der Waals surface area contributed by atoms with Gasteiger partial charge in [-0.25, -0.2) is 0 Å². The van der Waals surface area contributed by atoms with Gasteiger partial charge in [-0.15, -0.1) is 0 Å². The molecule has 1 aromatic carbocycles. The van der Waals surface area contributed by atoms with Gasteiger partial charge in [0.05, 0.1) is 20.8 Å². The van der Waals surface area contributed by atoms with Gasteiger partial charge < -0.3 is 19.5 Å². The molecule has 0 radical (unpaired) electrons. The fourth-order valence-corrected chi connectivity index (χ4v) is 2.21. The fourth-order valence-electron chi connectivity index (χ4n) is 2.21. The highest BCUT2D eigenvalue weighted by molar-refractivity contribution is 5.73. The number of hydrogen-bond donors (Lipinski definition) is 1. The minimum atomic E-state index is -0.638. The van der Waals surface area contributed by atoms with Gasteiger partial charge in [-0.2, -0.15) is 0 Å². The zero-order chi connectivity index (χ0) is 17.4. The lowest BCUT2D eigenvalue weighted by atomic mass is 10.0. The van der Waals surface area contributed by atoms with E-state index < -0.39 is 6.10 Å². The van der Waals surface area contributed by atoms with Crippen molar-refractivity contribution in [2.75, 3.05) is 20.8 Å². The summed E-state index contributed by atoms with van der Waals surface area (Å²) in [5.41, 5.74) is 1.66. The van der Waals surface area contributed by atoms with E-state index in [2.05, 4.69) is 5.32 Å². The number of benzene rings is 1. The van der Waals surface area contributed by atoms with Gasteiger partial charge >= 0.3 is 5.97 Å². The van der Waals surface area contributed by atoms with Gasteiger partial charge in [-0.1, -0.05) is 13.8 Å². The molecule has 0 heterocycles. The first kappa shape index (κ1) is 18.8. The van der Waals surface area contributed by atoms with E-state index in [0.29, 0.717) is 17.1 Å². The molecule has 1 unspecified atom stereocenters. The lowest BCUT2D eigenvalue weighted by molar-refractivity contribution is -0.149. The van der Waals surface area contributed by atoms with Crippen LogP contribution in [0, 0.1) is 0 Å². The molecule has 0 spiro atoms. The number of esters is 1. The summed E-state index contributed by atoms with van der Waals surface area (Å²) < 4.78 is 16.3. The third kappa shape index (κ3) is 5.16. The van der Waals surface area contributed by atoms with E-state index in [-0.39, 0.29) is 24.8 Å². The average molecular weight is 323 g/mol. The van der Waals surface area contributed by atoms with Crippen LogP contribution in [0.2, 0.25) is 0 Å². The molecule has 1 rings (SSSR count). The zero-order valence-electron chi connectivity index (χ0n) is 14.4. The van der Waals surface area contributed by atoms with Crippen LogP contribution in [0.4, 0.5) is 0 Å². The molecule has 0 aliphatic heterocycles. The number of hydrogen-bond acceptors (Lipinski definition) is 5. The molecule has 0 bridgehead atoms. The van der Waals surface area contributed by atoms with Crippen molar-refractivity contribution in [2.24, 2.45) is 0 Å². The fraction of sp³-hybridized carbons (Fsp3) is 0.529. The predicted octanol–water partition coefficient (Wildman–Crippen LogP) is 2.40. The molecule has 0 aliphatic rings. The van der Waals surface area contributed by atoms with Gasteiger partial charge in [-0.05, 0) is 24.1 Å². The molecule has 1 aromatic rings. The molecule has 0 saturated heterocycles. The number of nitrogens with one attached hydrogen (secondary N) is 1. The molecule has 6 heteroatoms. The Kier molecular flexibility index (Phi) is 7.38. The maximum atomic E-state index is 11.7. The zero-order valence-corrected chi connectivity index (χ0v) is 14.4. The van der Waals surface area contributed by atoms with E-state index in [1.807, 2.05) is 13.0 Å². The second kappa shape index (κ2) is 9.02. The summed E-state index contributed by atoms with van der Waals surface area (Å²) in [6.45, 7) is 5.32. The first-order chi connectivity index (χ1) is 11.0. The minimum absolute atomic E-state index is 0.173. The van der Waals surface area contributed by atoms with E-state index in [9.17, 15) is 9.59 Å². The topological polar surface area (TPSA) is 73.9 Å². The van der Waals surface area contributed by atoms with Gasteiger partial charge in [0.1, 0.15) is 17.6 Å². The molecule has 1 amide bonds. The summed E-state index contributed by atoms with van der Waals surface area (Å²) in [6.07, 6.45) is 0.398. The molecule has 0 aromatic heterocycles. The molecular weight excluding hydrogens is 298 g/mol. The Bertz CT molecular complexity index is 556. The molecule has 23 heavy (non-hydrogen) atoms. The quantitative estimate of drug-likeness (QED) is 0.744. The summed E-state index contributed by atoms with van der Waals surface area (Å²) in [5, 5.41) is 2.68. The normalized spacial score (nSPS) is 11.5. The number of carbonyl (C=O) groups is 2. The maximum Gasteiger partial charge on any atom is 0.306 e. The summed E-state index contributed by atoms with van der Waals surface area (Å²) in [7, 11) is 3.15. The molecule has 0 aliphatic carbocycles. The van der Waals surface area contributed by atoms with Crippen molar-refractivity contribution < 1.29 is 23.8 Å². The molecule has 0 saturated carbocycles. The number of ether oxygens (including phenoxy) is 3. The molecule has 128 valence electrons. The average Bonchev–Trinajstić information content (AvgIpc) is 2.56. The summed E-state index contributed by atoms with van der Waals surface area (Å²) in [6, 6.07) is 3.67. The Morgan fingerprint density at radius 3 is 2.26 bits per heavy atom. The van der Waals surface area contributed by atoms with Gasteiger partial charge in [0.25, 0.3) is 0 Å². The SMILES string of the molecule is CCC(=O)OC(CNC(C)=O)c1cc(OC)c(CC)cc1OC. The maximum absolute atomic E-state index is 11.7. The van der Waals surface area contributed by atoms with Gasteiger partial charge in [0.2, 0.25) is 5.91 Å². The second-order valence-electron chi connectivity index (χ2n) is 5.03. The van der Waals surface area contributed by atoms with Crippen LogP contribution in [-0.2, 0) is 20.7 Å². The van der Waals surface area contributed by atoms with Crippen LogP contribution in [-0.4, -0.2) is 32.6 Å². The van der Waals surface area contributed by atoms with Crippen LogP contribution in [0.15, 0.2) is 12.1 Å². The van der Waals surface area contributed by atoms with Crippen molar-refractivity contribution in [3.63, 3.8) is 0 Å². The molecule has 1 N–H and O–H groups in total. The lowest BCUT2D eigenvalue weighted by Crippen LogP contribution is -2.28. The number of methoxy groups -OCH3 is 2. The molecule has 0 fully saturated rings. The first-order valence-electron chi connectivity index (χ1n) is 7.65. The van der Waals surface area contributed by atoms with Crippen molar-refractivity contribution in [1.82, 2.24) is 5.32 Å². The van der Waals surface area contributed by atoms with Crippen LogP contribution in [0.3, 0.4) is 0 Å². The van der Waals surface area contributed by atoms with Crippen LogP contribution in [0.25, 0.3) is 0 Å². The number of amides is 1. The molecule has 1 atom stereocenters. The highest BCUT2D eigenvalue weighted by atomic mass is 16.5. The van der Waals surface area contributed by atoms with Gasteiger partial charge in [0.15, 0.2) is 0 Å². The van der Waals surface area contributed by atoms with E-state index in [1.165, 1.54) is 6.92 Å². The van der Waals surface area contributed by atoms with Crippen LogP contribution in [0.5, 0.6) is 11.5 Å². The molecule has 6 nitrogen and oxygen atoms in total. The van der Waals surface area contributed by atoms with Crippen molar-refractivity contribution in [1.29, 1.82) is 0 Å². The largest absolute Gasteiger partial charge is 0.496 e. The van der Waals surface area contributed by atoms with E-state index in [4.69, 9.17) is 14.2 Å². The van der Waals surface area contributed by atoms with E-state index >= 15 is 0 Å². The van der Waals surface area contributed by atoms with Crippen molar-refractivity contribution in [3.8, 4) is 11.5 Å². The van der Waals surface area contributed by atoms with Crippen molar-refractivity contribution in [2.45, 2.75) is 39.7 Å². The third-order valence-corrected chi connectivity index (χ3v) is 3.46. The van der Waals surface area contributed by atoms with E-state index in [1.54, 1.807) is 27.2 Å². The van der Waals surface area contributed by atoms with E-state index in [0.717, 1.165) is 12.0 Å². The standard InChI is InChI=1S/C17H25NO5/c1-6-12-8-15(22-5)13(9-14(12)21-4)16(10-18-11(3)19)23-17(20)7-2/h8-9,16H,6-7,10H2,1-5H3,(H,18,19). The smallest absolute Gasteiger partial charge is 0.306 e. The number of carbonyl (C=O) groups excluding carboxylic acids is 2. The third-order valence-electron chi connectivity index (χ3n) is 3.46. The highest BCUT2D eigenvalue weighted by Gasteiger charge is 2.22. The Morgan fingerprint density at radius 1 is 1.13 bits per heavy atom. The van der Waals surface area contributed by atoms with Crippen LogP contribution in [0.1, 0.15) is 44.4 Å². The second-order valence-corrected chi connectivity index (χ2v) is 5.03. The van der Waals surface area contributed by atoms with Gasteiger partial charge in [0, 0.05) is 18.9 Å². The summed E-state index contributed by atoms with van der Waals surface area (Å²) >= 11 is 0. The minimum Gasteiger partial charge on any atom is -0.496 e. The lowest BCUT2D eigenvalue weighted by Gasteiger charge is -2.22. The summed E-state index contributed by atoms with van der Waals surface area (Å²) in [5.74, 6) is 0.755. The highest BCUT2D eigenvalue weighted by Crippen LogP contribution is 2.34. The first-order valence-corrected chi connectivity index (χ1v) is 7.65. The van der Waals surface area contributed by atoms with Gasteiger partial charge in [-0.3, -0.25) is 9.59 Å².